The van der Waals surface area contributed by atoms with Crippen LogP contribution in [0, 0.1) is 0 Å². The smallest absolute Gasteiger partial charge is 0.0486 e. The van der Waals surface area contributed by atoms with Crippen molar-refractivity contribution in [2.45, 2.75) is 38.8 Å². The van der Waals surface area contributed by atoms with Crippen LogP contribution in [0.25, 0.3) is 0 Å². The van der Waals surface area contributed by atoms with Gasteiger partial charge in [0.25, 0.3) is 0 Å². The summed E-state index contributed by atoms with van der Waals surface area (Å²) in [7, 11) is 2.27. The van der Waals surface area contributed by atoms with Crippen molar-refractivity contribution in [2.75, 3.05) is 31.6 Å². The van der Waals surface area contributed by atoms with Crippen molar-refractivity contribution < 1.29 is 0 Å². The number of nitrogens with one attached hydrogen (secondary N) is 1. The number of rotatable bonds is 6. The predicted octanol–water partition coefficient (Wildman–Crippen LogP) is 3.34. The zero-order chi connectivity index (χ0) is 14.4. The second kappa shape index (κ2) is 8.06. The highest BCUT2D eigenvalue weighted by Crippen LogP contribution is 2.27. The van der Waals surface area contributed by atoms with Gasteiger partial charge >= 0.3 is 0 Å². The van der Waals surface area contributed by atoms with Gasteiger partial charge in [-0.3, -0.25) is 4.90 Å². The minimum Gasteiger partial charge on any atom is -0.309 e. The quantitative estimate of drug-likeness (QED) is 0.866. The fourth-order valence-corrected chi connectivity index (χ4v) is 4.07. The average Bonchev–Trinajstić information content (AvgIpc) is 2.50. The maximum atomic E-state index is 3.77. The summed E-state index contributed by atoms with van der Waals surface area (Å²) in [5, 5.41) is 3.77. The zero-order valence-electron chi connectivity index (χ0n) is 13.1. The molecule has 0 aromatic heterocycles. The predicted molar refractivity (Wildman–Crippen MR) is 90.6 cm³/mol. The van der Waals surface area contributed by atoms with E-state index in [-0.39, 0.29) is 0 Å². The minimum atomic E-state index is 0.457. The summed E-state index contributed by atoms with van der Waals surface area (Å²) in [6, 6.07) is 10.3. The fourth-order valence-electron chi connectivity index (χ4n) is 2.79. The molecule has 2 rings (SSSR count). The Morgan fingerprint density at radius 1 is 1.30 bits per heavy atom. The lowest BCUT2D eigenvalue weighted by Gasteiger charge is -2.38. The first kappa shape index (κ1) is 15.9. The summed E-state index contributed by atoms with van der Waals surface area (Å²) < 4.78 is 0. The van der Waals surface area contributed by atoms with Gasteiger partial charge in [-0.25, -0.2) is 0 Å². The third-order valence-electron chi connectivity index (χ3n) is 4.19. The molecule has 112 valence electrons. The van der Waals surface area contributed by atoms with Crippen LogP contribution < -0.4 is 5.32 Å². The van der Waals surface area contributed by atoms with Gasteiger partial charge in [0.1, 0.15) is 0 Å². The molecule has 2 unspecified atom stereocenters. The van der Waals surface area contributed by atoms with E-state index in [9.17, 15) is 0 Å². The lowest BCUT2D eigenvalue weighted by atomic mass is 9.97. The molecular formula is C17H28N2S. The van der Waals surface area contributed by atoms with Crippen molar-refractivity contribution in [2.24, 2.45) is 0 Å². The van der Waals surface area contributed by atoms with Crippen LogP contribution in [0.5, 0.6) is 0 Å². The molecular weight excluding hydrogens is 264 g/mol. The summed E-state index contributed by atoms with van der Waals surface area (Å²) >= 11 is 2.09. The monoisotopic (exact) mass is 292 g/mol. The molecule has 3 heteroatoms. The Labute approximate surface area is 128 Å². The third-order valence-corrected chi connectivity index (χ3v) is 5.24. The second-order valence-corrected chi connectivity index (χ2v) is 6.80. The molecule has 0 radical (unpaired) electrons. The summed E-state index contributed by atoms with van der Waals surface area (Å²) in [5.41, 5.74) is 2.87. The van der Waals surface area contributed by atoms with Gasteiger partial charge in [0.2, 0.25) is 0 Å². The van der Waals surface area contributed by atoms with E-state index in [1.165, 1.54) is 35.6 Å². The number of hydrogen-bond donors (Lipinski definition) is 1. The Morgan fingerprint density at radius 2 is 2.05 bits per heavy atom. The largest absolute Gasteiger partial charge is 0.309 e. The van der Waals surface area contributed by atoms with Gasteiger partial charge in [0, 0.05) is 30.1 Å². The van der Waals surface area contributed by atoms with Crippen molar-refractivity contribution in [3.05, 3.63) is 35.4 Å². The molecule has 0 bridgehead atoms. The molecule has 1 saturated heterocycles. The number of likely N-dealkylation sites (N-methyl/N-ethyl adjacent to an activating group) is 1. The molecule has 20 heavy (non-hydrogen) atoms. The van der Waals surface area contributed by atoms with Gasteiger partial charge in [-0.1, -0.05) is 38.1 Å². The van der Waals surface area contributed by atoms with E-state index in [1.807, 2.05) is 0 Å². The molecule has 0 aliphatic carbocycles. The molecule has 0 amide bonds. The summed E-state index contributed by atoms with van der Waals surface area (Å²) in [6.07, 6.45) is 2.31. The van der Waals surface area contributed by atoms with E-state index < -0.39 is 0 Å². The zero-order valence-corrected chi connectivity index (χ0v) is 13.9. The Kier molecular flexibility index (Phi) is 6.40. The SMILES string of the molecule is CCCNC(c1ccc(CC)cc1)C1CSCCN1C. The lowest BCUT2D eigenvalue weighted by molar-refractivity contribution is 0.216. The third kappa shape index (κ3) is 4.00. The average molecular weight is 292 g/mol. The van der Waals surface area contributed by atoms with Gasteiger partial charge in [-0.05, 0) is 37.6 Å². The fraction of sp³-hybridized carbons (Fsp3) is 0.647. The van der Waals surface area contributed by atoms with E-state index >= 15 is 0 Å². The first-order valence-corrected chi connectivity index (χ1v) is 9.02. The van der Waals surface area contributed by atoms with Crippen LogP contribution in [0.1, 0.15) is 37.4 Å². The van der Waals surface area contributed by atoms with Crippen LogP contribution in [0.4, 0.5) is 0 Å². The summed E-state index contributed by atoms with van der Waals surface area (Å²) in [5.74, 6) is 2.50. The second-order valence-electron chi connectivity index (χ2n) is 5.65. The Morgan fingerprint density at radius 3 is 2.65 bits per heavy atom. The molecule has 1 fully saturated rings. The summed E-state index contributed by atoms with van der Waals surface area (Å²) in [4.78, 5) is 2.53. The number of nitrogens with zero attached hydrogens (tertiary/aromatic N) is 1. The molecule has 1 aromatic rings. The van der Waals surface area contributed by atoms with E-state index in [1.54, 1.807) is 0 Å². The van der Waals surface area contributed by atoms with Gasteiger partial charge < -0.3 is 5.32 Å². The van der Waals surface area contributed by atoms with Crippen LogP contribution in [0.3, 0.4) is 0 Å². The maximum Gasteiger partial charge on any atom is 0.0486 e. The Bertz CT molecular complexity index is 390. The molecule has 2 atom stereocenters. The highest BCUT2D eigenvalue weighted by atomic mass is 32.2. The molecule has 1 aromatic carbocycles. The standard InChI is InChI=1S/C17H28N2S/c1-4-10-18-17(16-13-20-12-11-19(16)3)15-8-6-14(5-2)7-9-15/h6-9,16-18H,4-5,10-13H2,1-3H3. The molecule has 0 saturated carbocycles. The van der Waals surface area contributed by atoms with Gasteiger partial charge in [-0.15, -0.1) is 0 Å². The van der Waals surface area contributed by atoms with Crippen LogP contribution in [-0.2, 0) is 6.42 Å². The Hall–Kier alpha value is -0.510. The van der Waals surface area contributed by atoms with Crippen molar-refractivity contribution in [1.29, 1.82) is 0 Å². The van der Waals surface area contributed by atoms with E-state index in [0.717, 1.165) is 13.0 Å². The van der Waals surface area contributed by atoms with Gasteiger partial charge in [0.15, 0.2) is 0 Å². The van der Waals surface area contributed by atoms with E-state index in [2.05, 4.69) is 67.1 Å². The number of thioether (sulfide) groups is 1. The van der Waals surface area contributed by atoms with Crippen molar-refractivity contribution in [3.8, 4) is 0 Å². The molecule has 1 aliphatic heterocycles. The first-order valence-electron chi connectivity index (χ1n) is 7.86. The highest BCUT2D eigenvalue weighted by Gasteiger charge is 2.28. The van der Waals surface area contributed by atoms with Gasteiger partial charge in [0.05, 0.1) is 0 Å². The van der Waals surface area contributed by atoms with Crippen LogP contribution >= 0.6 is 11.8 Å². The van der Waals surface area contributed by atoms with Crippen LogP contribution in [0.15, 0.2) is 24.3 Å². The maximum absolute atomic E-state index is 3.77. The van der Waals surface area contributed by atoms with Crippen molar-refractivity contribution in [1.82, 2.24) is 10.2 Å². The van der Waals surface area contributed by atoms with Crippen LogP contribution in [0.2, 0.25) is 0 Å². The molecule has 1 N–H and O–H groups in total. The molecule has 0 spiro atoms. The highest BCUT2D eigenvalue weighted by molar-refractivity contribution is 7.99. The van der Waals surface area contributed by atoms with E-state index in [0.29, 0.717) is 12.1 Å². The number of benzene rings is 1. The number of hydrogen-bond acceptors (Lipinski definition) is 3. The van der Waals surface area contributed by atoms with Crippen molar-refractivity contribution >= 4 is 11.8 Å². The summed E-state index contributed by atoms with van der Waals surface area (Å²) in [6.45, 7) is 6.75. The topological polar surface area (TPSA) is 15.3 Å². The van der Waals surface area contributed by atoms with Gasteiger partial charge in [-0.2, -0.15) is 11.8 Å². The molecule has 2 nitrogen and oxygen atoms in total. The molecule has 1 heterocycles. The number of aryl methyl sites for hydroxylation is 1. The Balaban J connectivity index is 2.16. The normalized spacial score (nSPS) is 21.9. The van der Waals surface area contributed by atoms with Crippen molar-refractivity contribution in [3.63, 3.8) is 0 Å². The van der Waals surface area contributed by atoms with Crippen LogP contribution in [-0.4, -0.2) is 42.6 Å². The van der Waals surface area contributed by atoms with E-state index in [4.69, 9.17) is 0 Å². The minimum absolute atomic E-state index is 0.457. The molecule has 1 aliphatic rings. The first-order chi connectivity index (χ1) is 9.76. The lowest BCUT2D eigenvalue weighted by Crippen LogP contribution is -2.48.